The molecule has 0 saturated carbocycles. The number of benzene rings is 11. The van der Waals surface area contributed by atoms with Gasteiger partial charge in [-0.2, -0.15) is 0 Å². The number of fused-ring (bicyclic) bond motifs is 5. The van der Waals surface area contributed by atoms with Crippen LogP contribution in [0.15, 0.2) is 273 Å². The summed E-state index contributed by atoms with van der Waals surface area (Å²) in [6.07, 6.45) is 0.938. The molecule has 0 atom stereocenters. The predicted molar refractivity (Wildman–Crippen MR) is 305 cm³/mol. The second kappa shape index (κ2) is 17.8. The molecule has 1 aliphatic heterocycles. The molecule has 0 N–H and O–H groups in total. The SMILES string of the molecule is c1ccc(-c2ccc(-c3cccc4c3sc3ccc(-c5cccc([Si](c6ccccc6)(c6ccccc6)c6ccccc6)c5)cc34)c(-c3ccccc3)c2B2c3ccccc3Cc3ccccc32)cc1. The predicted octanol–water partition coefficient (Wildman–Crippen LogP) is 12.5. The van der Waals surface area contributed by atoms with Gasteiger partial charge in [0.25, 0.3) is 0 Å². The summed E-state index contributed by atoms with van der Waals surface area (Å²) in [6, 6.07) is 103. The lowest BCUT2D eigenvalue weighted by Gasteiger charge is -2.34. The maximum atomic E-state index is 2.49. The first kappa shape index (κ1) is 42.1. The second-order valence-electron chi connectivity index (χ2n) is 18.6. The Bertz CT molecular complexity index is 3710. The van der Waals surface area contributed by atoms with Crippen molar-refractivity contribution in [3.05, 3.63) is 284 Å². The summed E-state index contributed by atoms with van der Waals surface area (Å²) in [6.45, 7) is 0.0407. The maximum Gasteiger partial charge on any atom is 0.243 e. The van der Waals surface area contributed by atoms with Gasteiger partial charge in [-0.05, 0) is 89.4 Å². The van der Waals surface area contributed by atoms with Gasteiger partial charge in [-0.1, -0.05) is 277 Å². The molecular formula is C67H47BSSi. The summed E-state index contributed by atoms with van der Waals surface area (Å²) in [5, 5.41) is 8.09. The van der Waals surface area contributed by atoms with Crippen molar-refractivity contribution in [3.63, 3.8) is 0 Å². The minimum absolute atomic E-state index is 0.0407. The molecule has 0 radical (unpaired) electrons. The van der Waals surface area contributed by atoms with E-state index >= 15 is 0 Å². The largest absolute Gasteiger partial charge is 0.243 e. The third-order valence-electron chi connectivity index (χ3n) is 14.8. The molecule has 0 fully saturated rings. The van der Waals surface area contributed by atoms with Gasteiger partial charge in [0.1, 0.15) is 0 Å². The van der Waals surface area contributed by atoms with Crippen LogP contribution in [0.3, 0.4) is 0 Å². The summed E-state index contributed by atoms with van der Waals surface area (Å²) in [4.78, 5) is 0. The Kier molecular flexibility index (Phi) is 10.7. The third-order valence-corrected chi connectivity index (χ3v) is 20.8. The lowest BCUT2D eigenvalue weighted by Crippen LogP contribution is -2.74. The van der Waals surface area contributed by atoms with Crippen molar-refractivity contribution in [1.29, 1.82) is 0 Å². The van der Waals surface area contributed by atoms with Gasteiger partial charge in [0.2, 0.25) is 6.71 Å². The van der Waals surface area contributed by atoms with E-state index < -0.39 is 8.07 Å². The van der Waals surface area contributed by atoms with E-state index in [1.54, 1.807) is 0 Å². The van der Waals surface area contributed by atoms with E-state index in [0.717, 1.165) is 6.42 Å². The molecule has 1 aromatic heterocycles. The number of thiophene rings is 1. The van der Waals surface area contributed by atoms with Gasteiger partial charge < -0.3 is 0 Å². The molecule has 0 saturated heterocycles. The monoisotopic (exact) mass is 922 g/mol. The molecule has 0 bridgehead atoms. The highest BCUT2D eigenvalue weighted by atomic mass is 32.1. The van der Waals surface area contributed by atoms with Gasteiger partial charge in [-0.3, -0.25) is 0 Å². The molecule has 0 amide bonds. The average molecular weight is 923 g/mol. The summed E-state index contributed by atoms with van der Waals surface area (Å²) in [7, 11) is -2.71. The van der Waals surface area contributed by atoms with Crippen molar-refractivity contribution in [2.45, 2.75) is 6.42 Å². The summed E-state index contributed by atoms with van der Waals surface area (Å²) in [5.41, 5.74) is 16.9. The Labute approximate surface area is 416 Å². The minimum Gasteiger partial charge on any atom is -0.135 e. The lowest BCUT2D eigenvalue weighted by molar-refractivity contribution is 1.21. The van der Waals surface area contributed by atoms with Crippen LogP contribution in [-0.2, 0) is 6.42 Å². The summed E-state index contributed by atoms with van der Waals surface area (Å²) < 4.78 is 2.61. The van der Waals surface area contributed by atoms with E-state index in [1.165, 1.54) is 113 Å². The Morgan fingerprint density at radius 3 is 1.43 bits per heavy atom. The number of rotatable bonds is 9. The van der Waals surface area contributed by atoms with Crippen LogP contribution in [0.1, 0.15) is 11.1 Å². The zero-order chi connectivity index (χ0) is 46.4. The van der Waals surface area contributed by atoms with Crippen LogP contribution in [0.5, 0.6) is 0 Å². The number of hydrogen-bond acceptors (Lipinski definition) is 1. The van der Waals surface area contributed by atoms with Crippen molar-refractivity contribution in [2.24, 2.45) is 0 Å². The Morgan fingerprint density at radius 2 is 0.814 bits per heavy atom. The molecule has 0 spiro atoms. The van der Waals surface area contributed by atoms with Crippen LogP contribution in [0.4, 0.5) is 0 Å². The topological polar surface area (TPSA) is 0 Å². The van der Waals surface area contributed by atoms with E-state index in [9.17, 15) is 0 Å². The molecule has 2 heterocycles. The molecule has 0 nitrogen and oxygen atoms in total. The zero-order valence-corrected chi connectivity index (χ0v) is 40.5. The molecule has 0 unspecified atom stereocenters. The Morgan fingerprint density at radius 1 is 0.329 bits per heavy atom. The first-order valence-corrected chi connectivity index (χ1v) is 27.2. The molecule has 3 heteroatoms. The van der Waals surface area contributed by atoms with Crippen LogP contribution in [0.25, 0.3) is 64.7 Å². The molecule has 0 aliphatic carbocycles. The summed E-state index contributed by atoms with van der Waals surface area (Å²) in [5.74, 6) is 0. The molecule has 70 heavy (non-hydrogen) atoms. The normalized spacial score (nSPS) is 12.2. The fraction of sp³-hybridized carbons (Fsp3) is 0.0149. The molecule has 13 rings (SSSR count). The first-order valence-electron chi connectivity index (χ1n) is 24.4. The fourth-order valence-corrected chi connectivity index (χ4v) is 17.8. The van der Waals surface area contributed by atoms with E-state index in [0.29, 0.717) is 0 Å². The average Bonchev–Trinajstić information content (AvgIpc) is 3.82. The number of hydrogen-bond donors (Lipinski definition) is 0. The highest BCUT2D eigenvalue weighted by Gasteiger charge is 2.41. The molecule has 1 aliphatic rings. The van der Waals surface area contributed by atoms with Crippen LogP contribution < -0.4 is 37.1 Å². The minimum atomic E-state index is -2.71. The van der Waals surface area contributed by atoms with Crippen molar-refractivity contribution in [1.82, 2.24) is 0 Å². The smallest absolute Gasteiger partial charge is 0.135 e. The van der Waals surface area contributed by atoms with Crippen LogP contribution in [0.2, 0.25) is 0 Å². The molecular weight excluding hydrogens is 876 g/mol. The van der Waals surface area contributed by atoms with Crippen LogP contribution in [0, 0.1) is 0 Å². The third kappa shape index (κ3) is 7.04. The van der Waals surface area contributed by atoms with Crippen molar-refractivity contribution >= 4 is 83.4 Å². The molecule has 11 aromatic carbocycles. The summed E-state index contributed by atoms with van der Waals surface area (Å²) >= 11 is 1.92. The Balaban J connectivity index is 1.02. The van der Waals surface area contributed by atoms with Crippen molar-refractivity contribution < 1.29 is 0 Å². The first-order chi connectivity index (χ1) is 34.7. The Hall–Kier alpha value is -8.08. The highest BCUT2D eigenvalue weighted by molar-refractivity contribution is 7.26. The van der Waals surface area contributed by atoms with Gasteiger partial charge in [-0.15, -0.1) is 11.3 Å². The molecule has 12 aromatic rings. The molecule has 328 valence electrons. The van der Waals surface area contributed by atoms with Crippen LogP contribution >= 0.6 is 11.3 Å². The van der Waals surface area contributed by atoms with E-state index in [1.807, 2.05) is 11.3 Å². The quantitative estimate of drug-likeness (QED) is 0.1000. The van der Waals surface area contributed by atoms with E-state index in [4.69, 9.17) is 0 Å². The van der Waals surface area contributed by atoms with E-state index in [-0.39, 0.29) is 6.71 Å². The van der Waals surface area contributed by atoms with Gasteiger partial charge in [-0.25, -0.2) is 0 Å². The standard InChI is InChI=1S/C67H47BSSi/c1-6-22-47(23-7-1)57-41-42-58(65(48-24-8-2-9-25-48)66(57)68-62-38-18-16-26-51(62)44-52-27-17-19-39-63(52)68)59-36-21-37-60-61-46-50(40-43-64(61)69-67(59)60)49-28-20-35-56(45-49)70(53-29-10-3-11-30-53,54-31-12-4-13-32-54)55-33-14-5-15-34-55/h1-43,45-46H,44H2. The fourth-order valence-electron chi connectivity index (χ4n) is 11.8. The van der Waals surface area contributed by atoms with Gasteiger partial charge in [0, 0.05) is 25.7 Å². The second-order valence-corrected chi connectivity index (χ2v) is 23.5. The van der Waals surface area contributed by atoms with Crippen molar-refractivity contribution in [3.8, 4) is 44.5 Å². The zero-order valence-electron chi connectivity index (χ0n) is 38.7. The maximum absolute atomic E-state index is 2.71. The van der Waals surface area contributed by atoms with Gasteiger partial charge >= 0.3 is 0 Å². The van der Waals surface area contributed by atoms with Gasteiger partial charge in [0.05, 0.1) is 0 Å². The highest BCUT2D eigenvalue weighted by Crippen LogP contribution is 2.44. The lowest BCUT2D eigenvalue weighted by atomic mass is 9.32. The van der Waals surface area contributed by atoms with Crippen LogP contribution in [-0.4, -0.2) is 14.8 Å². The van der Waals surface area contributed by atoms with Crippen molar-refractivity contribution in [2.75, 3.05) is 0 Å². The van der Waals surface area contributed by atoms with E-state index in [2.05, 4.69) is 273 Å². The van der Waals surface area contributed by atoms with Gasteiger partial charge in [0.15, 0.2) is 8.07 Å².